The summed E-state index contributed by atoms with van der Waals surface area (Å²) in [4.78, 5) is 0. The second kappa shape index (κ2) is 3.07. The summed E-state index contributed by atoms with van der Waals surface area (Å²) in [5.74, 6) is 3.23. The van der Waals surface area contributed by atoms with E-state index in [0.29, 0.717) is 18.1 Å². The van der Waals surface area contributed by atoms with Crippen LogP contribution < -0.4 is 0 Å². The summed E-state index contributed by atoms with van der Waals surface area (Å²) in [5.41, 5.74) is 0. The van der Waals surface area contributed by atoms with Gasteiger partial charge in [-0.05, 0) is 26.7 Å². The number of ether oxygens (including phenoxy) is 1. The Balaban J connectivity index is 2.44. The molecule has 0 aromatic carbocycles. The molecule has 1 aliphatic heterocycles. The van der Waals surface area contributed by atoms with Crippen molar-refractivity contribution in [2.75, 3.05) is 0 Å². The van der Waals surface area contributed by atoms with Gasteiger partial charge in [-0.2, -0.15) is 0 Å². The molecule has 0 saturated carbocycles. The van der Waals surface area contributed by atoms with Gasteiger partial charge in [0.1, 0.15) is 0 Å². The summed E-state index contributed by atoms with van der Waals surface area (Å²) in [6.45, 7) is 4.17. The maximum absolute atomic E-state index is 5.52. The average Bonchev–Trinajstić information content (AvgIpc) is 1.85. The van der Waals surface area contributed by atoms with E-state index in [2.05, 4.69) is 19.8 Å². The minimum atomic E-state index is 0.352. The largest absolute Gasteiger partial charge is 0.375 e. The lowest BCUT2D eigenvalue weighted by atomic mass is 9.94. The molecule has 0 aliphatic carbocycles. The molecule has 10 heavy (non-hydrogen) atoms. The predicted molar refractivity (Wildman–Crippen MR) is 41.6 cm³/mol. The van der Waals surface area contributed by atoms with Gasteiger partial charge >= 0.3 is 0 Å². The van der Waals surface area contributed by atoms with Crippen LogP contribution in [0.25, 0.3) is 0 Å². The molecule has 1 heteroatoms. The molecule has 1 nitrogen and oxygen atoms in total. The van der Waals surface area contributed by atoms with E-state index in [1.807, 2.05) is 0 Å². The Morgan fingerprint density at radius 3 is 2.20 bits per heavy atom. The first-order valence-electron chi connectivity index (χ1n) is 3.84. The fourth-order valence-corrected chi connectivity index (χ4v) is 1.54. The molecule has 0 N–H and O–H groups in total. The first kappa shape index (κ1) is 7.63. The maximum atomic E-state index is 5.52. The van der Waals surface area contributed by atoms with Crippen LogP contribution in [0.5, 0.6) is 0 Å². The van der Waals surface area contributed by atoms with Crippen molar-refractivity contribution < 1.29 is 4.74 Å². The van der Waals surface area contributed by atoms with E-state index in [4.69, 9.17) is 11.2 Å². The van der Waals surface area contributed by atoms with Crippen molar-refractivity contribution in [3.8, 4) is 12.3 Å². The van der Waals surface area contributed by atoms with Gasteiger partial charge in [-0.3, -0.25) is 0 Å². The van der Waals surface area contributed by atoms with Gasteiger partial charge in [0.05, 0.1) is 12.2 Å². The molecule has 1 rings (SSSR count). The summed E-state index contributed by atoms with van der Waals surface area (Å²) < 4.78 is 5.52. The third kappa shape index (κ3) is 1.75. The molecule has 56 valence electrons. The first-order valence-corrected chi connectivity index (χ1v) is 3.84. The summed E-state index contributed by atoms with van der Waals surface area (Å²) >= 11 is 0. The van der Waals surface area contributed by atoms with Crippen molar-refractivity contribution in [3.05, 3.63) is 0 Å². The van der Waals surface area contributed by atoms with Crippen LogP contribution in [0.15, 0.2) is 0 Å². The summed E-state index contributed by atoms with van der Waals surface area (Å²) in [7, 11) is 0. The Morgan fingerprint density at radius 1 is 1.30 bits per heavy atom. The Hall–Kier alpha value is -0.480. The lowest BCUT2D eigenvalue weighted by Gasteiger charge is -2.29. The molecule has 1 saturated heterocycles. The fourth-order valence-electron chi connectivity index (χ4n) is 1.54. The summed E-state index contributed by atoms with van der Waals surface area (Å²) in [6, 6.07) is 0. The highest BCUT2D eigenvalue weighted by Crippen LogP contribution is 2.23. The van der Waals surface area contributed by atoms with Crippen molar-refractivity contribution in [1.82, 2.24) is 0 Å². The minimum absolute atomic E-state index is 0.352. The molecule has 1 fully saturated rings. The molecule has 2 unspecified atom stereocenters. The molecule has 0 aromatic rings. The Labute approximate surface area is 62.8 Å². The zero-order chi connectivity index (χ0) is 7.56. The van der Waals surface area contributed by atoms with Crippen molar-refractivity contribution in [1.29, 1.82) is 0 Å². The van der Waals surface area contributed by atoms with E-state index < -0.39 is 0 Å². The number of hydrogen-bond donors (Lipinski definition) is 0. The topological polar surface area (TPSA) is 9.23 Å². The smallest absolute Gasteiger partial charge is 0.0562 e. The zero-order valence-electron chi connectivity index (χ0n) is 6.63. The summed E-state index contributed by atoms with van der Waals surface area (Å²) in [6.07, 6.45) is 8.08. The number of terminal acetylenes is 1. The van der Waals surface area contributed by atoms with Gasteiger partial charge in [-0.25, -0.2) is 0 Å². The Kier molecular flexibility index (Phi) is 2.34. The molecule has 0 radical (unpaired) electrons. The maximum Gasteiger partial charge on any atom is 0.0562 e. The van der Waals surface area contributed by atoms with Gasteiger partial charge in [0.2, 0.25) is 0 Å². The van der Waals surface area contributed by atoms with Gasteiger partial charge in [0.25, 0.3) is 0 Å². The predicted octanol–water partition coefficient (Wildman–Crippen LogP) is 1.82. The second-order valence-electron chi connectivity index (χ2n) is 3.09. The highest BCUT2D eigenvalue weighted by atomic mass is 16.5. The van der Waals surface area contributed by atoms with Gasteiger partial charge in [0.15, 0.2) is 0 Å². The van der Waals surface area contributed by atoms with Gasteiger partial charge in [-0.1, -0.05) is 0 Å². The molecule has 2 atom stereocenters. The van der Waals surface area contributed by atoms with Crippen LogP contribution in [-0.4, -0.2) is 12.2 Å². The monoisotopic (exact) mass is 138 g/mol. The third-order valence-corrected chi connectivity index (χ3v) is 1.93. The van der Waals surface area contributed by atoms with Crippen LogP contribution >= 0.6 is 0 Å². The number of hydrogen-bond acceptors (Lipinski definition) is 1. The molecule has 0 aromatic heterocycles. The van der Waals surface area contributed by atoms with Gasteiger partial charge < -0.3 is 4.74 Å². The van der Waals surface area contributed by atoms with Crippen LogP contribution in [0.3, 0.4) is 0 Å². The third-order valence-electron chi connectivity index (χ3n) is 1.93. The van der Waals surface area contributed by atoms with Crippen molar-refractivity contribution in [2.24, 2.45) is 5.92 Å². The molecule has 0 spiro atoms. The van der Waals surface area contributed by atoms with E-state index >= 15 is 0 Å². The average molecular weight is 138 g/mol. The molecular formula is C9H14O. The van der Waals surface area contributed by atoms with Crippen LogP contribution in [-0.2, 0) is 4.74 Å². The first-order chi connectivity index (χ1) is 4.72. The molecule has 0 bridgehead atoms. The van der Waals surface area contributed by atoms with Crippen molar-refractivity contribution >= 4 is 0 Å². The van der Waals surface area contributed by atoms with E-state index in [1.54, 1.807) is 0 Å². The van der Waals surface area contributed by atoms with Gasteiger partial charge in [0, 0.05) is 5.92 Å². The van der Waals surface area contributed by atoms with Crippen LogP contribution in [0.4, 0.5) is 0 Å². The lowest BCUT2D eigenvalue weighted by Crippen LogP contribution is -2.28. The standard InChI is InChI=1S/C9H14O/c1-4-9-5-7(2)10-8(3)6-9/h1,7-9H,5-6H2,2-3H3. The van der Waals surface area contributed by atoms with E-state index in [1.165, 1.54) is 0 Å². The van der Waals surface area contributed by atoms with Crippen LogP contribution in [0.2, 0.25) is 0 Å². The van der Waals surface area contributed by atoms with E-state index in [0.717, 1.165) is 12.8 Å². The normalized spacial score (nSPS) is 40.7. The highest BCUT2D eigenvalue weighted by molar-refractivity contribution is 4.96. The van der Waals surface area contributed by atoms with Crippen LogP contribution in [0.1, 0.15) is 26.7 Å². The van der Waals surface area contributed by atoms with Gasteiger partial charge in [-0.15, -0.1) is 12.3 Å². The second-order valence-corrected chi connectivity index (χ2v) is 3.09. The van der Waals surface area contributed by atoms with E-state index in [9.17, 15) is 0 Å². The Morgan fingerprint density at radius 2 is 1.80 bits per heavy atom. The fraction of sp³-hybridized carbons (Fsp3) is 0.778. The molecule has 0 amide bonds. The highest BCUT2D eigenvalue weighted by Gasteiger charge is 2.22. The molecule has 1 heterocycles. The molecular weight excluding hydrogens is 124 g/mol. The Bertz CT molecular complexity index is 135. The zero-order valence-corrected chi connectivity index (χ0v) is 6.63. The quantitative estimate of drug-likeness (QED) is 0.464. The van der Waals surface area contributed by atoms with Crippen molar-refractivity contribution in [3.63, 3.8) is 0 Å². The summed E-state index contributed by atoms with van der Waals surface area (Å²) in [5, 5.41) is 0. The van der Waals surface area contributed by atoms with Crippen molar-refractivity contribution in [2.45, 2.75) is 38.9 Å². The lowest BCUT2D eigenvalue weighted by molar-refractivity contribution is -0.0419. The van der Waals surface area contributed by atoms with Crippen LogP contribution in [0, 0.1) is 18.3 Å². The van der Waals surface area contributed by atoms with E-state index in [-0.39, 0.29) is 0 Å². The minimum Gasteiger partial charge on any atom is -0.375 e. The number of rotatable bonds is 0. The SMILES string of the molecule is C#CC1CC(C)OC(C)C1. The molecule has 1 aliphatic rings.